The van der Waals surface area contributed by atoms with Crippen LogP contribution in [0.4, 0.5) is 5.69 Å². The zero-order valence-electron chi connectivity index (χ0n) is 10.4. The minimum atomic E-state index is 0. The molecule has 1 aromatic rings. The molecule has 0 spiro atoms. The van der Waals surface area contributed by atoms with Gasteiger partial charge in [0.1, 0.15) is 0 Å². The highest BCUT2D eigenvalue weighted by molar-refractivity contribution is 5.95. The fourth-order valence-electron chi connectivity index (χ4n) is 2.79. The van der Waals surface area contributed by atoms with Gasteiger partial charge in [0.2, 0.25) is 5.91 Å². The van der Waals surface area contributed by atoms with Crippen molar-refractivity contribution in [3.05, 3.63) is 29.3 Å². The van der Waals surface area contributed by atoms with Crippen molar-refractivity contribution in [2.45, 2.75) is 38.1 Å². The molecule has 1 atom stereocenters. The molecule has 1 saturated heterocycles. The summed E-state index contributed by atoms with van der Waals surface area (Å²) in [5.74, 6) is 0.112. The number of halogens is 1. The molecule has 0 bridgehead atoms. The molecule has 3 nitrogen and oxygen atoms in total. The van der Waals surface area contributed by atoms with E-state index in [2.05, 4.69) is 22.8 Å². The van der Waals surface area contributed by atoms with Crippen molar-refractivity contribution in [2.75, 3.05) is 11.9 Å². The molecule has 1 aliphatic carbocycles. The van der Waals surface area contributed by atoms with Crippen molar-refractivity contribution < 1.29 is 4.79 Å². The van der Waals surface area contributed by atoms with Gasteiger partial charge in [0, 0.05) is 5.69 Å². The number of hydrogen-bond donors (Lipinski definition) is 2. The van der Waals surface area contributed by atoms with Crippen molar-refractivity contribution in [1.82, 2.24) is 5.32 Å². The molecule has 1 unspecified atom stereocenters. The van der Waals surface area contributed by atoms with Gasteiger partial charge >= 0.3 is 0 Å². The van der Waals surface area contributed by atoms with Crippen molar-refractivity contribution in [3.8, 4) is 0 Å². The number of benzene rings is 1. The van der Waals surface area contributed by atoms with E-state index < -0.39 is 0 Å². The predicted octanol–water partition coefficient (Wildman–Crippen LogP) is 2.29. The Morgan fingerprint density at radius 1 is 1.22 bits per heavy atom. The fourth-order valence-corrected chi connectivity index (χ4v) is 2.79. The van der Waals surface area contributed by atoms with Gasteiger partial charge in [-0.05, 0) is 61.9 Å². The maximum Gasteiger partial charge on any atom is 0.241 e. The van der Waals surface area contributed by atoms with Crippen LogP contribution in [0.1, 0.15) is 30.4 Å². The summed E-state index contributed by atoms with van der Waals surface area (Å²) in [4.78, 5) is 11.9. The molecule has 1 aromatic carbocycles. The van der Waals surface area contributed by atoms with Crippen LogP contribution in [0.2, 0.25) is 0 Å². The van der Waals surface area contributed by atoms with Crippen LogP contribution in [0.25, 0.3) is 0 Å². The summed E-state index contributed by atoms with van der Waals surface area (Å²) in [5.41, 5.74) is 3.80. The van der Waals surface area contributed by atoms with E-state index in [9.17, 15) is 4.79 Å². The van der Waals surface area contributed by atoms with Gasteiger partial charge in [0.15, 0.2) is 0 Å². The quantitative estimate of drug-likeness (QED) is 0.862. The van der Waals surface area contributed by atoms with Crippen LogP contribution in [0.3, 0.4) is 0 Å². The molecule has 1 amide bonds. The number of fused-ring (bicyclic) bond motifs is 1. The van der Waals surface area contributed by atoms with Crippen LogP contribution in [-0.2, 0) is 17.6 Å². The number of carbonyl (C=O) groups is 1. The normalized spacial score (nSPS) is 21.2. The topological polar surface area (TPSA) is 41.1 Å². The lowest BCUT2D eigenvalue weighted by molar-refractivity contribution is -0.117. The Kier molecular flexibility index (Phi) is 4.25. The molecule has 1 heterocycles. The van der Waals surface area contributed by atoms with E-state index in [1.165, 1.54) is 24.0 Å². The lowest BCUT2D eigenvalue weighted by Crippen LogP contribution is -2.35. The van der Waals surface area contributed by atoms with Crippen molar-refractivity contribution in [1.29, 1.82) is 0 Å². The zero-order chi connectivity index (χ0) is 11.7. The van der Waals surface area contributed by atoms with Gasteiger partial charge in [-0.1, -0.05) is 6.07 Å². The summed E-state index contributed by atoms with van der Waals surface area (Å²) in [6.07, 6.45) is 5.64. The summed E-state index contributed by atoms with van der Waals surface area (Å²) < 4.78 is 0. The summed E-state index contributed by atoms with van der Waals surface area (Å²) in [7, 11) is 0. The summed E-state index contributed by atoms with van der Waals surface area (Å²) in [6.45, 7) is 0.961. The Morgan fingerprint density at radius 2 is 2.06 bits per heavy atom. The van der Waals surface area contributed by atoms with Crippen LogP contribution >= 0.6 is 12.4 Å². The first kappa shape index (κ1) is 13.4. The third-order valence-corrected chi connectivity index (χ3v) is 3.74. The maximum atomic E-state index is 11.9. The number of aryl methyl sites for hydroxylation is 2. The van der Waals surface area contributed by atoms with E-state index >= 15 is 0 Å². The average molecular weight is 267 g/mol. The van der Waals surface area contributed by atoms with Gasteiger partial charge in [-0.25, -0.2) is 0 Å². The second-order valence-corrected chi connectivity index (χ2v) is 4.98. The van der Waals surface area contributed by atoms with Crippen molar-refractivity contribution in [2.24, 2.45) is 0 Å². The number of nitrogens with one attached hydrogen (secondary N) is 2. The first-order chi connectivity index (χ1) is 8.33. The zero-order valence-corrected chi connectivity index (χ0v) is 11.2. The molecule has 2 aliphatic rings. The van der Waals surface area contributed by atoms with E-state index in [0.29, 0.717) is 0 Å². The SMILES string of the molecule is Cl.O=C(Nc1ccc2c(c1)CCC2)C1CCCN1. The van der Waals surface area contributed by atoms with Gasteiger partial charge in [-0.2, -0.15) is 0 Å². The van der Waals surface area contributed by atoms with Crippen LogP contribution in [0, 0.1) is 0 Å². The molecule has 4 heteroatoms. The third-order valence-electron chi connectivity index (χ3n) is 3.74. The molecule has 0 saturated carbocycles. The number of carbonyl (C=O) groups excluding carboxylic acids is 1. The number of amides is 1. The van der Waals surface area contributed by atoms with Gasteiger partial charge in [0.05, 0.1) is 6.04 Å². The highest BCUT2D eigenvalue weighted by Gasteiger charge is 2.22. The second kappa shape index (κ2) is 5.72. The van der Waals surface area contributed by atoms with E-state index in [0.717, 1.165) is 31.5 Å². The molecule has 0 aromatic heterocycles. The monoisotopic (exact) mass is 266 g/mol. The third kappa shape index (κ3) is 2.68. The highest BCUT2D eigenvalue weighted by atomic mass is 35.5. The molecule has 2 N–H and O–H groups in total. The molecule has 98 valence electrons. The molecular formula is C14H19ClN2O. The van der Waals surface area contributed by atoms with Gasteiger partial charge in [-0.3, -0.25) is 4.79 Å². The summed E-state index contributed by atoms with van der Waals surface area (Å²) in [6, 6.07) is 6.31. The number of rotatable bonds is 2. The van der Waals surface area contributed by atoms with Crippen molar-refractivity contribution in [3.63, 3.8) is 0 Å². The largest absolute Gasteiger partial charge is 0.325 e. The molecular weight excluding hydrogens is 248 g/mol. The molecule has 1 fully saturated rings. The fraction of sp³-hybridized carbons (Fsp3) is 0.500. The minimum absolute atomic E-state index is 0. The maximum absolute atomic E-state index is 11.9. The van der Waals surface area contributed by atoms with Gasteiger partial charge in [0.25, 0.3) is 0 Å². The highest BCUT2D eigenvalue weighted by Crippen LogP contribution is 2.25. The standard InChI is InChI=1S/C14H18N2O.ClH/c17-14(13-5-2-8-15-13)16-12-7-6-10-3-1-4-11(10)9-12;/h6-7,9,13,15H,1-5,8H2,(H,16,17);1H. The Labute approximate surface area is 114 Å². The van der Waals surface area contributed by atoms with Crippen LogP contribution in [-0.4, -0.2) is 18.5 Å². The summed E-state index contributed by atoms with van der Waals surface area (Å²) in [5, 5.41) is 6.23. The van der Waals surface area contributed by atoms with E-state index in [1.807, 2.05) is 6.07 Å². The molecule has 1 aliphatic heterocycles. The predicted molar refractivity (Wildman–Crippen MR) is 75.4 cm³/mol. The van der Waals surface area contributed by atoms with E-state index in [4.69, 9.17) is 0 Å². The van der Waals surface area contributed by atoms with Gasteiger partial charge < -0.3 is 10.6 Å². The Hall–Kier alpha value is -1.06. The van der Waals surface area contributed by atoms with E-state index in [1.54, 1.807) is 0 Å². The van der Waals surface area contributed by atoms with Crippen molar-refractivity contribution >= 4 is 24.0 Å². The molecule has 0 radical (unpaired) electrons. The lowest BCUT2D eigenvalue weighted by atomic mass is 10.1. The van der Waals surface area contributed by atoms with E-state index in [-0.39, 0.29) is 24.4 Å². The number of hydrogen-bond acceptors (Lipinski definition) is 2. The first-order valence-corrected chi connectivity index (χ1v) is 6.49. The smallest absolute Gasteiger partial charge is 0.241 e. The number of anilines is 1. The summed E-state index contributed by atoms with van der Waals surface area (Å²) >= 11 is 0. The van der Waals surface area contributed by atoms with Crippen LogP contribution < -0.4 is 10.6 Å². The first-order valence-electron chi connectivity index (χ1n) is 6.49. The Morgan fingerprint density at radius 3 is 2.83 bits per heavy atom. The second-order valence-electron chi connectivity index (χ2n) is 4.98. The molecule has 18 heavy (non-hydrogen) atoms. The van der Waals surface area contributed by atoms with Crippen LogP contribution in [0.15, 0.2) is 18.2 Å². The molecule has 3 rings (SSSR count). The Bertz CT molecular complexity index is 441. The van der Waals surface area contributed by atoms with Crippen LogP contribution in [0.5, 0.6) is 0 Å². The minimum Gasteiger partial charge on any atom is -0.325 e. The Balaban J connectivity index is 0.00000120. The average Bonchev–Trinajstić information content (AvgIpc) is 2.99. The van der Waals surface area contributed by atoms with Gasteiger partial charge in [-0.15, -0.1) is 12.4 Å². The lowest BCUT2D eigenvalue weighted by Gasteiger charge is -2.12.